The number of fused-ring (bicyclic) bond motifs is 4. The third-order valence-corrected chi connectivity index (χ3v) is 15.5. The number of piperidine rings is 1. The normalized spacial score (nSPS) is 20.3. The van der Waals surface area contributed by atoms with Gasteiger partial charge in [0.25, 0.3) is 0 Å². The first-order valence-electron chi connectivity index (χ1n) is 22.1. The fourth-order valence-electron chi connectivity index (χ4n) is 10.8. The van der Waals surface area contributed by atoms with Gasteiger partial charge in [0.15, 0.2) is 11.7 Å². The van der Waals surface area contributed by atoms with Crippen molar-refractivity contribution in [2.24, 2.45) is 16.3 Å². The van der Waals surface area contributed by atoms with Gasteiger partial charge in [-0.3, -0.25) is 9.56 Å². The zero-order valence-electron chi connectivity index (χ0n) is 35.5. The average molecular weight is 835 g/mol. The maximum atomic E-state index is 10.3. The van der Waals surface area contributed by atoms with Gasteiger partial charge in [-0.15, -0.1) is 21.5 Å². The molecule has 8 nitrogen and oxygen atoms in total. The predicted molar refractivity (Wildman–Crippen MR) is 246 cm³/mol. The van der Waals surface area contributed by atoms with E-state index in [1.165, 1.54) is 64.1 Å². The molecule has 0 bridgehead atoms. The summed E-state index contributed by atoms with van der Waals surface area (Å²) in [6.45, 7) is 8.54. The van der Waals surface area contributed by atoms with Crippen LogP contribution in [0.25, 0.3) is 5.00 Å². The zero-order valence-corrected chi connectivity index (χ0v) is 36.3. The number of phenolic OH excluding ortho intramolecular Hbond substituents is 1. The third kappa shape index (κ3) is 6.95. The molecule has 0 amide bonds. The summed E-state index contributed by atoms with van der Waals surface area (Å²) in [7, 11) is 0. The van der Waals surface area contributed by atoms with Crippen molar-refractivity contribution in [1.82, 2.24) is 19.7 Å². The third-order valence-electron chi connectivity index (χ3n) is 14.3. The van der Waals surface area contributed by atoms with Crippen LogP contribution in [-0.2, 0) is 12.8 Å². The number of oxazole rings is 1. The van der Waals surface area contributed by atoms with Gasteiger partial charge in [-0.2, -0.15) is 0 Å². The van der Waals surface area contributed by atoms with Crippen molar-refractivity contribution in [3.63, 3.8) is 0 Å². The molecule has 1 saturated heterocycles. The van der Waals surface area contributed by atoms with Crippen LogP contribution in [0.15, 0.2) is 119 Å². The minimum atomic E-state index is -0.294. The van der Waals surface area contributed by atoms with Crippen molar-refractivity contribution < 1.29 is 9.52 Å². The molecular formula is C53H50N6O2S. The van der Waals surface area contributed by atoms with Crippen molar-refractivity contribution in [1.29, 1.82) is 0 Å². The number of thiophene rings is 1. The lowest BCUT2D eigenvalue weighted by Crippen LogP contribution is -2.46. The molecule has 0 radical (unpaired) electrons. The van der Waals surface area contributed by atoms with Gasteiger partial charge in [0.2, 0.25) is 0 Å². The van der Waals surface area contributed by atoms with Crippen molar-refractivity contribution in [2.45, 2.75) is 83.6 Å². The van der Waals surface area contributed by atoms with Gasteiger partial charge >= 0.3 is 0 Å². The molecule has 1 N–H and O–H groups in total. The SMILES string of the molecule is Cc1sc2c(c1C)C(c1ccc(C#CC3CC4(CCN(c5ccc([C@@H]6c7ccc(O)cc7CC[C@@H]6c6ccccc6)cc5)CC4)C3)cc1)=N[C@@H](Cc1ncco1)c1nnc(C)n1-2. The maximum absolute atomic E-state index is 10.3. The van der Waals surface area contributed by atoms with Gasteiger partial charge in [0.1, 0.15) is 28.9 Å². The highest BCUT2D eigenvalue weighted by atomic mass is 32.1. The second-order valence-electron chi connectivity index (χ2n) is 18.0. The Labute approximate surface area is 367 Å². The molecule has 62 heavy (non-hydrogen) atoms. The van der Waals surface area contributed by atoms with E-state index in [2.05, 4.69) is 135 Å². The van der Waals surface area contributed by atoms with E-state index in [0.29, 0.717) is 35.3 Å². The first kappa shape index (κ1) is 38.7. The first-order chi connectivity index (χ1) is 30.3. The summed E-state index contributed by atoms with van der Waals surface area (Å²) in [6.07, 6.45) is 10.7. The van der Waals surface area contributed by atoms with E-state index in [1.807, 2.05) is 19.1 Å². The fraction of sp³-hybridized carbons (Fsp3) is 0.321. The summed E-state index contributed by atoms with van der Waals surface area (Å²) >= 11 is 1.77. The smallest absolute Gasteiger partial charge is 0.196 e. The molecule has 11 rings (SSSR count). The average Bonchev–Trinajstić information content (AvgIpc) is 4.00. The number of aromatic hydroxyl groups is 1. The molecule has 0 unspecified atom stereocenters. The van der Waals surface area contributed by atoms with E-state index >= 15 is 0 Å². The molecule has 1 spiro atoms. The van der Waals surface area contributed by atoms with Crippen LogP contribution >= 0.6 is 11.3 Å². The number of anilines is 1. The summed E-state index contributed by atoms with van der Waals surface area (Å²) in [5.41, 5.74) is 12.5. The highest BCUT2D eigenvalue weighted by Gasteiger charge is 2.45. The molecule has 310 valence electrons. The van der Waals surface area contributed by atoms with Crippen LogP contribution in [0.3, 0.4) is 0 Å². The lowest BCUT2D eigenvalue weighted by atomic mass is 9.58. The van der Waals surface area contributed by atoms with E-state index in [9.17, 15) is 5.11 Å². The number of aliphatic imine (C=N–C) groups is 1. The molecule has 4 aromatic carbocycles. The molecular weight excluding hydrogens is 785 g/mol. The fourth-order valence-corrected chi connectivity index (χ4v) is 12.1. The van der Waals surface area contributed by atoms with E-state index in [1.54, 1.807) is 23.8 Å². The zero-order chi connectivity index (χ0) is 42.0. The molecule has 5 heterocycles. The largest absolute Gasteiger partial charge is 0.508 e. The molecule has 3 aromatic heterocycles. The van der Waals surface area contributed by atoms with Crippen LogP contribution in [0, 0.1) is 43.9 Å². The van der Waals surface area contributed by atoms with Gasteiger partial charge in [-0.05, 0) is 135 Å². The minimum Gasteiger partial charge on any atom is -0.508 e. The molecule has 2 fully saturated rings. The Hall–Kier alpha value is -6.24. The van der Waals surface area contributed by atoms with Crippen molar-refractivity contribution in [3.8, 4) is 22.6 Å². The summed E-state index contributed by atoms with van der Waals surface area (Å²) in [6, 6.07) is 34.7. The topological polar surface area (TPSA) is 92.6 Å². The Bertz CT molecular complexity index is 2850. The van der Waals surface area contributed by atoms with Gasteiger partial charge < -0.3 is 14.4 Å². The summed E-state index contributed by atoms with van der Waals surface area (Å²) in [5, 5.41) is 20.5. The number of phenols is 1. The van der Waals surface area contributed by atoms with Crippen molar-refractivity contribution in [2.75, 3.05) is 18.0 Å². The highest BCUT2D eigenvalue weighted by molar-refractivity contribution is 7.15. The Balaban J connectivity index is 0.754. The Morgan fingerprint density at radius 2 is 1.68 bits per heavy atom. The monoisotopic (exact) mass is 834 g/mol. The van der Waals surface area contributed by atoms with Crippen LogP contribution in [0.5, 0.6) is 5.75 Å². The number of aryl methyl sites for hydroxylation is 3. The molecule has 3 atom stereocenters. The number of nitrogens with zero attached hydrogens (tertiary/aromatic N) is 6. The van der Waals surface area contributed by atoms with E-state index in [4.69, 9.17) is 9.41 Å². The lowest BCUT2D eigenvalue weighted by molar-refractivity contribution is 0.0576. The first-order valence-corrected chi connectivity index (χ1v) is 22.9. The van der Waals surface area contributed by atoms with Gasteiger partial charge in [0, 0.05) is 52.2 Å². The minimum absolute atomic E-state index is 0.267. The Morgan fingerprint density at radius 1 is 0.887 bits per heavy atom. The predicted octanol–water partition coefficient (Wildman–Crippen LogP) is 11.0. The standard InChI is InChI=1S/C53H50N6O2S/c1-33-34(2)62-52-48(33)50(55-46(30-47-54-25-28-61-47)51-57-56-35(3)59(51)52)40-13-11-36(12-14-40)9-10-37-31-53(32-37)23-26-58(27-24-53)42-18-15-39(16-19-42)49-44(38-7-5-4-6-8-38)21-17-41-29-43(60)20-22-45(41)49/h4-8,11-16,18-20,22,25,28-29,37,44,46,49,60H,17,21,23-24,26-27,30-32H2,1-3H3/t44-,46+,49+/m1/s1. The van der Waals surface area contributed by atoms with E-state index < -0.39 is 0 Å². The van der Waals surface area contributed by atoms with Crippen molar-refractivity contribution >= 4 is 22.7 Å². The Morgan fingerprint density at radius 3 is 2.44 bits per heavy atom. The van der Waals surface area contributed by atoms with Crippen LogP contribution in [0.4, 0.5) is 5.69 Å². The molecule has 9 heteroatoms. The van der Waals surface area contributed by atoms with Crippen LogP contribution < -0.4 is 4.90 Å². The van der Waals surface area contributed by atoms with Gasteiger partial charge in [-0.1, -0.05) is 72.5 Å². The second kappa shape index (κ2) is 15.6. The Kier molecular flexibility index (Phi) is 9.72. The molecule has 7 aromatic rings. The quantitative estimate of drug-likeness (QED) is 0.168. The van der Waals surface area contributed by atoms with Crippen LogP contribution in [-0.4, -0.2) is 43.7 Å². The summed E-state index contributed by atoms with van der Waals surface area (Å²) < 4.78 is 7.83. The van der Waals surface area contributed by atoms with E-state index in [-0.39, 0.29) is 12.0 Å². The number of benzene rings is 4. The summed E-state index contributed by atoms with van der Waals surface area (Å²) in [4.78, 5) is 13.6. The van der Waals surface area contributed by atoms with Gasteiger partial charge in [-0.25, -0.2) is 4.98 Å². The summed E-state index contributed by atoms with van der Waals surface area (Å²) in [5.74, 6) is 11.0. The number of hydrogen-bond acceptors (Lipinski definition) is 8. The second-order valence-corrected chi connectivity index (χ2v) is 19.2. The van der Waals surface area contributed by atoms with Crippen LogP contribution in [0.2, 0.25) is 0 Å². The number of hydrogen-bond donors (Lipinski definition) is 1. The number of rotatable bonds is 6. The lowest BCUT2D eigenvalue weighted by Gasteiger charge is -2.51. The highest BCUT2D eigenvalue weighted by Crippen LogP contribution is 2.53. The van der Waals surface area contributed by atoms with E-state index in [0.717, 1.165) is 65.0 Å². The molecule has 4 aliphatic rings. The molecule has 1 saturated carbocycles. The number of aromatic nitrogens is 4. The van der Waals surface area contributed by atoms with Crippen LogP contribution in [0.1, 0.15) is 117 Å². The molecule has 2 aliphatic heterocycles. The van der Waals surface area contributed by atoms with Gasteiger partial charge in [0.05, 0.1) is 18.3 Å². The maximum Gasteiger partial charge on any atom is 0.196 e. The van der Waals surface area contributed by atoms with Crippen molar-refractivity contribution in [3.05, 3.63) is 176 Å². The molecule has 2 aliphatic carbocycles.